The number of piperazine rings is 1. The number of ether oxygens (including phenoxy) is 1. The molecule has 2 heterocycles. The standard InChI is InChI=1S/C16H20N2O3/c1-9-5-11-6-13-16(20)17(3)8-14(18(13)4)12(11)7-15(9)21-10(2)19/h5,7,13-14H,6,8H2,1-4H3/t13-,14-/m0/s1. The van der Waals surface area contributed by atoms with Crippen LogP contribution in [-0.4, -0.2) is 48.4 Å². The van der Waals surface area contributed by atoms with Crippen molar-refractivity contribution in [3.63, 3.8) is 0 Å². The number of likely N-dealkylation sites (N-methyl/N-ethyl adjacent to an activating group) is 2. The van der Waals surface area contributed by atoms with Gasteiger partial charge in [-0.3, -0.25) is 14.5 Å². The first-order valence-corrected chi connectivity index (χ1v) is 7.17. The summed E-state index contributed by atoms with van der Waals surface area (Å²) in [5, 5.41) is 0. The first kappa shape index (κ1) is 14.1. The number of benzene rings is 1. The number of hydrogen-bond acceptors (Lipinski definition) is 4. The molecular formula is C16H20N2O3. The van der Waals surface area contributed by atoms with E-state index in [1.807, 2.05) is 27.1 Å². The van der Waals surface area contributed by atoms with E-state index >= 15 is 0 Å². The second-order valence-electron chi connectivity index (χ2n) is 6.03. The summed E-state index contributed by atoms with van der Waals surface area (Å²) in [5.74, 6) is 0.491. The summed E-state index contributed by atoms with van der Waals surface area (Å²) in [6.45, 7) is 4.01. The predicted molar refractivity (Wildman–Crippen MR) is 78.1 cm³/mol. The molecule has 3 rings (SSSR count). The summed E-state index contributed by atoms with van der Waals surface area (Å²) in [6.07, 6.45) is 0.715. The fraction of sp³-hybridized carbons (Fsp3) is 0.500. The van der Waals surface area contributed by atoms with Crippen molar-refractivity contribution >= 4 is 11.9 Å². The second kappa shape index (κ2) is 4.84. The van der Waals surface area contributed by atoms with Gasteiger partial charge in [0, 0.05) is 20.5 Å². The molecular weight excluding hydrogens is 268 g/mol. The van der Waals surface area contributed by atoms with Gasteiger partial charge in [0.15, 0.2) is 0 Å². The predicted octanol–water partition coefficient (Wildman–Crippen LogP) is 1.29. The van der Waals surface area contributed by atoms with E-state index in [-0.39, 0.29) is 24.0 Å². The van der Waals surface area contributed by atoms with Crippen LogP contribution < -0.4 is 4.74 Å². The van der Waals surface area contributed by atoms with Crippen molar-refractivity contribution in [1.82, 2.24) is 9.80 Å². The average Bonchev–Trinajstić information content (AvgIpc) is 2.40. The van der Waals surface area contributed by atoms with Crippen LogP contribution >= 0.6 is 0 Å². The average molecular weight is 288 g/mol. The molecule has 1 saturated heterocycles. The minimum Gasteiger partial charge on any atom is -0.426 e. The van der Waals surface area contributed by atoms with E-state index in [9.17, 15) is 9.59 Å². The first-order valence-electron chi connectivity index (χ1n) is 7.17. The fourth-order valence-electron chi connectivity index (χ4n) is 3.40. The van der Waals surface area contributed by atoms with Gasteiger partial charge < -0.3 is 9.64 Å². The van der Waals surface area contributed by atoms with E-state index in [2.05, 4.69) is 11.0 Å². The molecule has 0 saturated carbocycles. The Bertz CT molecular complexity index is 626. The number of esters is 1. The van der Waals surface area contributed by atoms with Crippen LogP contribution in [-0.2, 0) is 16.0 Å². The maximum absolute atomic E-state index is 12.3. The zero-order chi connectivity index (χ0) is 15.3. The van der Waals surface area contributed by atoms with Crippen LogP contribution in [0.1, 0.15) is 29.7 Å². The highest BCUT2D eigenvalue weighted by Gasteiger charge is 2.42. The Kier molecular flexibility index (Phi) is 3.24. The second-order valence-corrected chi connectivity index (χ2v) is 6.03. The van der Waals surface area contributed by atoms with E-state index in [1.54, 1.807) is 4.90 Å². The molecule has 0 spiro atoms. The van der Waals surface area contributed by atoms with Crippen molar-refractivity contribution in [1.29, 1.82) is 0 Å². The lowest BCUT2D eigenvalue weighted by Crippen LogP contribution is -2.58. The monoisotopic (exact) mass is 288 g/mol. The number of carbonyl (C=O) groups excluding carboxylic acids is 2. The molecule has 1 fully saturated rings. The summed E-state index contributed by atoms with van der Waals surface area (Å²) in [6, 6.07) is 4.10. The van der Waals surface area contributed by atoms with E-state index < -0.39 is 0 Å². The van der Waals surface area contributed by atoms with Crippen molar-refractivity contribution in [3.8, 4) is 5.75 Å². The molecule has 5 heteroatoms. The summed E-state index contributed by atoms with van der Waals surface area (Å²) in [5.41, 5.74) is 3.29. The molecule has 1 aromatic carbocycles. The van der Waals surface area contributed by atoms with Crippen LogP contribution in [0.3, 0.4) is 0 Å². The summed E-state index contributed by atoms with van der Waals surface area (Å²) < 4.78 is 5.29. The Morgan fingerprint density at radius 1 is 1.29 bits per heavy atom. The fourth-order valence-corrected chi connectivity index (χ4v) is 3.40. The van der Waals surface area contributed by atoms with Crippen molar-refractivity contribution in [2.45, 2.75) is 32.4 Å². The number of rotatable bonds is 1. The van der Waals surface area contributed by atoms with Gasteiger partial charge in [0.1, 0.15) is 5.75 Å². The van der Waals surface area contributed by atoms with Crippen LogP contribution in [0.25, 0.3) is 0 Å². The van der Waals surface area contributed by atoms with Gasteiger partial charge in [0.05, 0.1) is 12.1 Å². The van der Waals surface area contributed by atoms with Crippen molar-refractivity contribution in [2.24, 2.45) is 0 Å². The van der Waals surface area contributed by atoms with Gasteiger partial charge in [0.25, 0.3) is 0 Å². The van der Waals surface area contributed by atoms with E-state index in [0.29, 0.717) is 18.7 Å². The molecule has 0 N–H and O–H groups in total. The van der Waals surface area contributed by atoms with E-state index in [4.69, 9.17) is 4.74 Å². The Morgan fingerprint density at radius 3 is 2.67 bits per heavy atom. The van der Waals surface area contributed by atoms with Gasteiger partial charge in [-0.15, -0.1) is 0 Å². The number of aryl methyl sites for hydroxylation is 1. The van der Waals surface area contributed by atoms with Gasteiger partial charge in [-0.1, -0.05) is 6.07 Å². The Labute approximate surface area is 124 Å². The summed E-state index contributed by atoms with van der Waals surface area (Å²) in [7, 11) is 3.84. The topological polar surface area (TPSA) is 49.9 Å². The molecule has 0 radical (unpaired) electrons. The molecule has 1 aromatic rings. The van der Waals surface area contributed by atoms with Crippen LogP contribution in [0.5, 0.6) is 5.75 Å². The largest absolute Gasteiger partial charge is 0.426 e. The molecule has 1 amide bonds. The molecule has 2 bridgehead atoms. The van der Waals surface area contributed by atoms with Gasteiger partial charge in [-0.2, -0.15) is 0 Å². The lowest BCUT2D eigenvalue weighted by molar-refractivity contribution is -0.143. The summed E-state index contributed by atoms with van der Waals surface area (Å²) in [4.78, 5) is 27.4. The molecule has 2 aliphatic heterocycles. The maximum Gasteiger partial charge on any atom is 0.308 e. The Balaban J connectivity index is 2.06. The number of hydrogen-bond donors (Lipinski definition) is 0. The molecule has 112 valence electrons. The first-order chi connectivity index (χ1) is 9.88. The van der Waals surface area contributed by atoms with Crippen molar-refractivity contribution in [2.75, 3.05) is 20.6 Å². The quantitative estimate of drug-likeness (QED) is 0.577. The zero-order valence-electron chi connectivity index (χ0n) is 12.8. The lowest BCUT2D eigenvalue weighted by Gasteiger charge is -2.47. The molecule has 5 nitrogen and oxygen atoms in total. The highest BCUT2D eigenvalue weighted by molar-refractivity contribution is 5.84. The number of carbonyl (C=O) groups is 2. The normalized spacial score (nSPS) is 24.8. The third-order valence-corrected chi connectivity index (χ3v) is 4.55. The SMILES string of the molecule is CC(=O)Oc1cc2c(cc1C)C[C@H]1C(=O)N(C)C[C@@H]2N1C. The van der Waals surface area contributed by atoms with Gasteiger partial charge >= 0.3 is 5.97 Å². The molecule has 2 atom stereocenters. The zero-order valence-corrected chi connectivity index (χ0v) is 12.8. The highest BCUT2D eigenvalue weighted by atomic mass is 16.5. The van der Waals surface area contributed by atoms with E-state index in [0.717, 1.165) is 11.1 Å². The molecule has 2 aliphatic rings. The summed E-state index contributed by atoms with van der Waals surface area (Å²) >= 11 is 0. The van der Waals surface area contributed by atoms with Gasteiger partial charge in [-0.05, 0) is 43.1 Å². The number of nitrogens with zero attached hydrogens (tertiary/aromatic N) is 2. The van der Waals surface area contributed by atoms with Crippen LogP contribution in [0, 0.1) is 6.92 Å². The smallest absolute Gasteiger partial charge is 0.308 e. The lowest BCUT2D eigenvalue weighted by atomic mass is 9.84. The Hall–Kier alpha value is -1.88. The highest BCUT2D eigenvalue weighted by Crippen LogP contribution is 2.39. The van der Waals surface area contributed by atoms with Gasteiger partial charge in [-0.25, -0.2) is 0 Å². The van der Waals surface area contributed by atoms with Crippen LogP contribution in [0.2, 0.25) is 0 Å². The molecule has 0 aliphatic carbocycles. The third kappa shape index (κ3) is 2.21. The molecule has 0 unspecified atom stereocenters. The molecule has 0 aromatic heterocycles. The van der Waals surface area contributed by atoms with Crippen LogP contribution in [0.4, 0.5) is 0 Å². The minimum absolute atomic E-state index is 0.0831. The van der Waals surface area contributed by atoms with E-state index in [1.165, 1.54) is 12.5 Å². The third-order valence-electron chi connectivity index (χ3n) is 4.55. The maximum atomic E-state index is 12.3. The number of amides is 1. The van der Waals surface area contributed by atoms with Crippen LogP contribution in [0.15, 0.2) is 12.1 Å². The Morgan fingerprint density at radius 2 is 2.00 bits per heavy atom. The number of fused-ring (bicyclic) bond motifs is 4. The minimum atomic E-state index is -0.309. The van der Waals surface area contributed by atoms with Gasteiger partial charge in [0.2, 0.25) is 5.91 Å². The van der Waals surface area contributed by atoms with Crippen molar-refractivity contribution in [3.05, 3.63) is 28.8 Å². The van der Waals surface area contributed by atoms with Crippen molar-refractivity contribution < 1.29 is 14.3 Å². The molecule has 21 heavy (non-hydrogen) atoms.